The highest BCUT2D eigenvalue weighted by Gasteiger charge is 2.23. The number of nitrogens with one attached hydrogen (secondary N) is 1. The van der Waals surface area contributed by atoms with E-state index in [4.69, 9.17) is 11.5 Å². The van der Waals surface area contributed by atoms with Crippen molar-refractivity contribution in [2.24, 2.45) is 5.92 Å². The fraction of sp³-hybridized carbons (Fsp3) is 0.571. The van der Waals surface area contributed by atoms with E-state index in [1.54, 1.807) is 0 Å². The van der Waals surface area contributed by atoms with Crippen molar-refractivity contribution < 1.29 is 0 Å². The summed E-state index contributed by atoms with van der Waals surface area (Å²) in [5.74, 6) is 0.691. The molecule has 0 saturated carbocycles. The van der Waals surface area contributed by atoms with Crippen molar-refractivity contribution >= 4 is 17.1 Å². The third kappa shape index (κ3) is 1.94. The Morgan fingerprint density at radius 1 is 1.18 bits per heavy atom. The Hall–Kier alpha value is -1.38. The smallest absolute Gasteiger partial charge is 0.0630 e. The Labute approximate surface area is 104 Å². The van der Waals surface area contributed by atoms with Gasteiger partial charge in [0.1, 0.15) is 0 Å². The third-order valence-corrected chi connectivity index (χ3v) is 4.02. The lowest BCUT2D eigenvalue weighted by molar-refractivity contribution is 0.490. The second kappa shape index (κ2) is 4.47. The van der Waals surface area contributed by atoms with Crippen LogP contribution in [0.1, 0.15) is 36.5 Å². The molecule has 94 valence electrons. The van der Waals surface area contributed by atoms with Gasteiger partial charge in [0.25, 0.3) is 0 Å². The number of nitrogen functional groups attached to an aromatic ring is 2. The van der Waals surface area contributed by atoms with Crippen molar-refractivity contribution in [3.63, 3.8) is 0 Å². The van der Waals surface area contributed by atoms with Crippen LogP contribution in [0.5, 0.6) is 0 Å². The van der Waals surface area contributed by atoms with E-state index in [-0.39, 0.29) is 0 Å². The van der Waals surface area contributed by atoms with Gasteiger partial charge in [-0.2, -0.15) is 0 Å². The van der Waals surface area contributed by atoms with Gasteiger partial charge in [0.2, 0.25) is 0 Å². The van der Waals surface area contributed by atoms with Crippen molar-refractivity contribution in [2.45, 2.75) is 40.0 Å². The van der Waals surface area contributed by atoms with E-state index in [1.165, 1.54) is 18.4 Å². The molecule has 17 heavy (non-hydrogen) atoms. The number of benzene rings is 1. The Balaban J connectivity index is 2.44. The molecule has 1 unspecified atom stereocenters. The van der Waals surface area contributed by atoms with Crippen LogP contribution in [0.25, 0.3) is 0 Å². The number of rotatable bonds is 2. The van der Waals surface area contributed by atoms with Crippen molar-refractivity contribution in [1.29, 1.82) is 0 Å². The maximum Gasteiger partial charge on any atom is 0.0630 e. The van der Waals surface area contributed by atoms with Gasteiger partial charge in [0.05, 0.1) is 11.4 Å². The van der Waals surface area contributed by atoms with Crippen molar-refractivity contribution in [3.8, 4) is 0 Å². The average Bonchev–Trinajstić information content (AvgIpc) is 2.34. The van der Waals surface area contributed by atoms with Crippen molar-refractivity contribution in [3.05, 3.63) is 16.7 Å². The lowest BCUT2D eigenvalue weighted by Gasteiger charge is -2.30. The van der Waals surface area contributed by atoms with Crippen LogP contribution in [-0.4, -0.2) is 6.54 Å². The SMILES string of the molecule is CCCC1CNc2c(N)c(C)c(C)c(N)c2C1. The zero-order valence-corrected chi connectivity index (χ0v) is 11.1. The lowest BCUT2D eigenvalue weighted by atomic mass is 9.86. The molecule has 0 aliphatic carbocycles. The molecule has 5 N–H and O–H groups in total. The van der Waals surface area contributed by atoms with E-state index in [1.807, 2.05) is 6.92 Å². The topological polar surface area (TPSA) is 64.1 Å². The predicted octanol–water partition coefficient (Wildman–Crippen LogP) is 2.85. The van der Waals surface area contributed by atoms with E-state index in [0.717, 1.165) is 41.2 Å². The summed E-state index contributed by atoms with van der Waals surface area (Å²) < 4.78 is 0. The highest BCUT2D eigenvalue weighted by molar-refractivity contribution is 5.83. The maximum absolute atomic E-state index is 6.24. The molecule has 3 heteroatoms. The van der Waals surface area contributed by atoms with Gasteiger partial charge < -0.3 is 16.8 Å². The number of hydrogen-bond donors (Lipinski definition) is 3. The molecular weight excluding hydrogens is 210 g/mol. The fourth-order valence-electron chi connectivity index (χ4n) is 2.75. The standard InChI is InChI=1S/C14H23N3/c1-4-5-10-6-11-12(15)8(2)9(3)13(16)14(11)17-7-10/h10,17H,4-7,15-16H2,1-3H3. The lowest BCUT2D eigenvalue weighted by Crippen LogP contribution is -2.25. The van der Waals surface area contributed by atoms with Gasteiger partial charge in [-0.15, -0.1) is 0 Å². The molecule has 1 aliphatic heterocycles. The zero-order chi connectivity index (χ0) is 12.6. The summed E-state index contributed by atoms with van der Waals surface area (Å²) in [6.45, 7) is 7.35. The highest BCUT2D eigenvalue weighted by atomic mass is 14.9. The van der Waals surface area contributed by atoms with E-state index < -0.39 is 0 Å². The zero-order valence-electron chi connectivity index (χ0n) is 11.1. The maximum atomic E-state index is 6.24. The molecule has 0 amide bonds. The molecule has 1 heterocycles. The Morgan fingerprint density at radius 2 is 1.82 bits per heavy atom. The highest BCUT2D eigenvalue weighted by Crippen LogP contribution is 2.40. The molecule has 0 saturated heterocycles. The molecule has 0 fully saturated rings. The molecule has 0 radical (unpaired) electrons. The summed E-state index contributed by atoms with van der Waals surface area (Å²) in [5, 5.41) is 3.47. The van der Waals surface area contributed by atoms with E-state index >= 15 is 0 Å². The van der Waals surface area contributed by atoms with Gasteiger partial charge in [-0.25, -0.2) is 0 Å². The summed E-state index contributed by atoms with van der Waals surface area (Å²) >= 11 is 0. The number of fused-ring (bicyclic) bond motifs is 1. The monoisotopic (exact) mass is 233 g/mol. The Kier molecular flexibility index (Phi) is 3.18. The van der Waals surface area contributed by atoms with Crippen molar-refractivity contribution in [2.75, 3.05) is 23.3 Å². The summed E-state index contributed by atoms with van der Waals surface area (Å²) in [5.41, 5.74) is 18.8. The molecule has 1 aliphatic rings. The van der Waals surface area contributed by atoms with Crippen LogP contribution >= 0.6 is 0 Å². The van der Waals surface area contributed by atoms with Crippen LogP contribution in [0.2, 0.25) is 0 Å². The summed E-state index contributed by atoms with van der Waals surface area (Å²) in [6, 6.07) is 0. The first-order chi connectivity index (χ1) is 8.06. The van der Waals surface area contributed by atoms with E-state index in [0.29, 0.717) is 5.92 Å². The first-order valence-electron chi connectivity index (χ1n) is 6.47. The van der Waals surface area contributed by atoms with Gasteiger partial charge in [0.15, 0.2) is 0 Å². The van der Waals surface area contributed by atoms with Gasteiger partial charge in [-0.05, 0) is 43.7 Å². The second-order valence-corrected chi connectivity index (χ2v) is 5.17. The van der Waals surface area contributed by atoms with Crippen LogP contribution in [-0.2, 0) is 6.42 Å². The number of anilines is 3. The molecule has 0 bridgehead atoms. The molecule has 2 rings (SSSR count). The minimum absolute atomic E-state index is 0.691. The van der Waals surface area contributed by atoms with Gasteiger partial charge in [0, 0.05) is 17.8 Å². The second-order valence-electron chi connectivity index (χ2n) is 5.17. The normalized spacial score (nSPS) is 18.6. The molecule has 3 nitrogen and oxygen atoms in total. The Bertz CT molecular complexity index is 438. The van der Waals surface area contributed by atoms with Crippen LogP contribution in [0, 0.1) is 19.8 Å². The molecule has 1 aromatic carbocycles. The van der Waals surface area contributed by atoms with Crippen LogP contribution < -0.4 is 16.8 Å². The minimum Gasteiger partial charge on any atom is -0.398 e. The van der Waals surface area contributed by atoms with Gasteiger partial charge in [-0.3, -0.25) is 0 Å². The number of hydrogen-bond acceptors (Lipinski definition) is 3. The first-order valence-corrected chi connectivity index (χ1v) is 6.47. The summed E-state index contributed by atoms with van der Waals surface area (Å²) in [6.07, 6.45) is 3.54. The molecule has 0 spiro atoms. The van der Waals surface area contributed by atoms with Crippen LogP contribution in [0.15, 0.2) is 0 Å². The quantitative estimate of drug-likeness (QED) is 0.688. The summed E-state index contributed by atoms with van der Waals surface area (Å²) in [4.78, 5) is 0. The molecular formula is C14H23N3. The largest absolute Gasteiger partial charge is 0.398 e. The first kappa shape index (κ1) is 12.1. The predicted molar refractivity (Wildman–Crippen MR) is 75.3 cm³/mol. The minimum atomic E-state index is 0.691. The van der Waals surface area contributed by atoms with E-state index in [9.17, 15) is 0 Å². The average molecular weight is 233 g/mol. The van der Waals surface area contributed by atoms with Crippen molar-refractivity contribution in [1.82, 2.24) is 0 Å². The fourth-order valence-corrected chi connectivity index (χ4v) is 2.75. The van der Waals surface area contributed by atoms with E-state index in [2.05, 4.69) is 19.2 Å². The Morgan fingerprint density at radius 3 is 2.47 bits per heavy atom. The van der Waals surface area contributed by atoms with Crippen LogP contribution in [0.4, 0.5) is 17.1 Å². The number of nitrogens with two attached hydrogens (primary N) is 2. The molecule has 0 aromatic heterocycles. The third-order valence-electron chi connectivity index (χ3n) is 4.02. The molecule has 1 aromatic rings. The van der Waals surface area contributed by atoms with Gasteiger partial charge >= 0.3 is 0 Å². The molecule has 1 atom stereocenters. The van der Waals surface area contributed by atoms with Gasteiger partial charge in [-0.1, -0.05) is 13.3 Å². The summed E-state index contributed by atoms with van der Waals surface area (Å²) in [7, 11) is 0. The van der Waals surface area contributed by atoms with Crippen LogP contribution in [0.3, 0.4) is 0 Å².